The van der Waals surface area contributed by atoms with E-state index in [1.54, 1.807) is 0 Å². The van der Waals surface area contributed by atoms with Gasteiger partial charge in [-0.3, -0.25) is 0 Å². The fourth-order valence-corrected chi connectivity index (χ4v) is 3.52. The molecule has 0 heterocycles. The Balaban J connectivity index is 0.00000392. The minimum atomic E-state index is 0. The van der Waals surface area contributed by atoms with Crippen molar-refractivity contribution in [2.75, 3.05) is 13.1 Å². The Bertz CT molecular complexity index is 597. The van der Waals surface area contributed by atoms with Crippen LogP contribution in [0.4, 0.5) is 0 Å². The quantitative estimate of drug-likeness (QED) is 0.275. The Labute approximate surface area is 199 Å². The third-order valence-corrected chi connectivity index (χ3v) is 5.49. The summed E-state index contributed by atoms with van der Waals surface area (Å²) < 4.78 is 0. The average Bonchev–Trinajstić information content (AvgIpc) is 2.68. The van der Waals surface area contributed by atoms with E-state index in [1.165, 1.54) is 56.1 Å². The SMILES string of the molecule is Cl.Cl.Clc1ccccc1CNCCCCCCCCCNCc1ccccc1Cl. The zero-order valence-electron chi connectivity index (χ0n) is 17.0. The molecule has 2 aromatic carbocycles. The molecule has 0 amide bonds. The van der Waals surface area contributed by atoms with Gasteiger partial charge in [0.15, 0.2) is 0 Å². The minimum Gasteiger partial charge on any atom is -0.313 e. The minimum absolute atomic E-state index is 0. The number of unbranched alkanes of at least 4 members (excludes halogenated alkanes) is 6. The molecule has 0 aliphatic rings. The third-order valence-electron chi connectivity index (χ3n) is 4.75. The van der Waals surface area contributed by atoms with Gasteiger partial charge in [-0.15, -0.1) is 24.8 Å². The van der Waals surface area contributed by atoms with Crippen molar-refractivity contribution in [3.05, 3.63) is 69.7 Å². The highest BCUT2D eigenvalue weighted by atomic mass is 35.5. The molecule has 2 aromatic rings. The largest absolute Gasteiger partial charge is 0.313 e. The van der Waals surface area contributed by atoms with Crippen LogP contribution in [0.1, 0.15) is 56.1 Å². The van der Waals surface area contributed by atoms with E-state index in [-0.39, 0.29) is 24.8 Å². The normalized spacial score (nSPS) is 10.3. The molecule has 6 heteroatoms. The number of halogens is 4. The molecular weight excluding hydrogens is 446 g/mol. The lowest BCUT2D eigenvalue weighted by molar-refractivity contribution is 0.544. The van der Waals surface area contributed by atoms with Gasteiger partial charge in [0, 0.05) is 23.1 Å². The maximum absolute atomic E-state index is 6.15. The first-order valence-electron chi connectivity index (χ1n) is 10.2. The van der Waals surface area contributed by atoms with Crippen molar-refractivity contribution in [3.63, 3.8) is 0 Å². The summed E-state index contributed by atoms with van der Waals surface area (Å²) in [6.07, 6.45) is 9.10. The number of hydrogen-bond acceptors (Lipinski definition) is 2. The summed E-state index contributed by atoms with van der Waals surface area (Å²) in [6, 6.07) is 16.1. The molecule has 0 aliphatic heterocycles. The Morgan fingerprint density at radius 2 is 0.862 bits per heavy atom. The summed E-state index contributed by atoms with van der Waals surface area (Å²) in [6.45, 7) is 3.86. The van der Waals surface area contributed by atoms with Crippen molar-refractivity contribution in [3.8, 4) is 0 Å². The van der Waals surface area contributed by atoms with E-state index < -0.39 is 0 Å². The van der Waals surface area contributed by atoms with Crippen molar-refractivity contribution < 1.29 is 0 Å². The van der Waals surface area contributed by atoms with Crippen molar-refractivity contribution >= 4 is 48.0 Å². The number of hydrogen-bond donors (Lipinski definition) is 2. The van der Waals surface area contributed by atoms with E-state index in [4.69, 9.17) is 23.2 Å². The van der Waals surface area contributed by atoms with Crippen LogP contribution in [0.5, 0.6) is 0 Å². The van der Waals surface area contributed by atoms with Crippen molar-refractivity contribution in [1.29, 1.82) is 0 Å². The molecule has 2 nitrogen and oxygen atoms in total. The van der Waals surface area contributed by atoms with Crippen molar-refractivity contribution in [2.24, 2.45) is 0 Å². The van der Waals surface area contributed by atoms with Gasteiger partial charge in [0.25, 0.3) is 0 Å². The fraction of sp³-hybridized carbons (Fsp3) is 0.478. The molecule has 0 bridgehead atoms. The van der Waals surface area contributed by atoms with Crippen LogP contribution in [0.25, 0.3) is 0 Å². The van der Waals surface area contributed by atoms with Crippen LogP contribution >= 0.6 is 48.0 Å². The highest BCUT2D eigenvalue weighted by molar-refractivity contribution is 6.31. The second-order valence-corrected chi connectivity index (χ2v) is 7.83. The van der Waals surface area contributed by atoms with Gasteiger partial charge in [0.2, 0.25) is 0 Å². The zero-order chi connectivity index (χ0) is 19.2. The molecular formula is C23H34Cl4N2. The van der Waals surface area contributed by atoms with E-state index in [0.29, 0.717) is 0 Å². The van der Waals surface area contributed by atoms with Gasteiger partial charge in [-0.1, -0.05) is 91.7 Å². The molecule has 164 valence electrons. The Morgan fingerprint density at radius 1 is 0.517 bits per heavy atom. The predicted molar refractivity (Wildman–Crippen MR) is 133 cm³/mol. The highest BCUT2D eigenvalue weighted by Crippen LogP contribution is 2.15. The van der Waals surface area contributed by atoms with Gasteiger partial charge in [-0.25, -0.2) is 0 Å². The molecule has 0 unspecified atom stereocenters. The average molecular weight is 480 g/mol. The summed E-state index contributed by atoms with van der Waals surface area (Å²) in [7, 11) is 0. The standard InChI is InChI=1S/C23H32Cl2N2.2ClH/c24-22-14-8-6-12-20(22)18-26-16-10-4-2-1-3-5-11-17-27-19-21-13-7-9-15-23(21)25;;/h6-9,12-15,26-27H,1-5,10-11,16-19H2;2*1H. The van der Waals surface area contributed by atoms with E-state index in [2.05, 4.69) is 22.8 Å². The van der Waals surface area contributed by atoms with Crippen LogP contribution in [0.3, 0.4) is 0 Å². The number of benzene rings is 2. The van der Waals surface area contributed by atoms with E-state index in [1.807, 2.05) is 36.4 Å². The van der Waals surface area contributed by atoms with Crippen LogP contribution in [-0.4, -0.2) is 13.1 Å². The van der Waals surface area contributed by atoms with Gasteiger partial charge >= 0.3 is 0 Å². The molecule has 0 aromatic heterocycles. The second kappa shape index (κ2) is 18.3. The summed E-state index contributed by atoms with van der Waals surface area (Å²) in [5, 5.41) is 8.67. The fourth-order valence-electron chi connectivity index (χ4n) is 3.11. The van der Waals surface area contributed by atoms with Crippen LogP contribution < -0.4 is 10.6 Å². The zero-order valence-corrected chi connectivity index (χ0v) is 20.1. The smallest absolute Gasteiger partial charge is 0.0450 e. The lowest BCUT2D eigenvalue weighted by Crippen LogP contribution is -2.15. The maximum atomic E-state index is 6.15. The molecule has 0 saturated carbocycles. The topological polar surface area (TPSA) is 24.1 Å². The first kappa shape index (κ1) is 28.5. The molecule has 0 saturated heterocycles. The molecule has 2 N–H and O–H groups in total. The second-order valence-electron chi connectivity index (χ2n) is 7.01. The Kier molecular flexibility index (Phi) is 18.0. The van der Waals surface area contributed by atoms with Crippen LogP contribution in [0.2, 0.25) is 10.0 Å². The molecule has 0 fully saturated rings. The van der Waals surface area contributed by atoms with Gasteiger partial charge in [-0.05, 0) is 49.2 Å². The summed E-state index contributed by atoms with van der Waals surface area (Å²) in [5.41, 5.74) is 2.37. The van der Waals surface area contributed by atoms with Gasteiger partial charge in [-0.2, -0.15) is 0 Å². The molecule has 0 aliphatic carbocycles. The Morgan fingerprint density at radius 3 is 1.24 bits per heavy atom. The van der Waals surface area contributed by atoms with Crippen LogP contribution in [-0.2, 0) is 13.1 Å². The summed E-state index contributed by atoms with van der Waals surface area (Å²) in [5.74, 6) is 0. The molecule has 2 rings (SSSR count). The van der Waals surface area contributed by atoms with E-state index in [0.717, 1.165) is 36.2 Å². The van der Waals surface area contributed by atoms with Crippen LogP contribution in [0, 0.1) is 0 Å². The molecule has 0 atom stereocenters. The first-order chi connectivity index (χ1) is 13.3. The lowest BCUT2D eigenvalue weighted by atomic mass is 10.1. The number of rotatable bonds is 14. The van der Waals surface area contributed by atoms with E-state index in [9.17, 15) is 0 Å². The van der Waals surface area contributed by atoms with Gasteiger partial charge < -0.3 is 10.6 Å². The summed E-state index contributed by atoms with van der Waals surface area (Å²) >= 11 is 12.3. The van der Waals surface area contributed by atoms with Crippen molar-refractivity contribution in [1.82, 2.24) is 10.6 Å². The Hall–Kier alpha value is -0.480. The van der Waals surface area contributed by atoms with Gasteiger partial charge in [0.05, 0.1) is 0 Å². The van der Waals surface area contributed by atoms with Crippen LogP contribution in [0.15, 0.2) is 48.5 Å². The number of nitrogens with one attached hydrogen (secondary N) is 2. The lowest BCUT2D eigenvalue weighted by Gasteiger charge is -2.07. The monoisotopic (exact) mass is 478 g/mol. The first-order valence-corrected chi connectivity index (χ1v) is 10.9. The maximum Gasteiger partial charge on any atom is 0.0450 e. The molecule has 0 radical (unpaired) electrons. The van der Waals surface area contributed by atoms with Gasteiger partial charge in [0.1, 0.15) is 0 Å². The third kappa shape index (κ3) is 12.7. The summed E-state index contributed by atoms with van der Waals surface area (Å²) in [4.78, 5) is 0. The molecule has 0 spiro atoms. The van der Waals surface area contributed by atoms with Crippen molar-refractivity contribution in [2.45, 2.75) is 58.0 Å². The van der Waals surface area contributed by atoms with E-state index >= 15 is 0 Å². The predicted octanol–water partition coefficient (Wildman–Crippen LogP) is 7.45. The molecule has 29 heavy (non-hydrogen) atoms. The highest BCUT2D eigenvalue weighted by Gasteiger charge is 1.99.